The first-order chi connectivity index (χ1) is 18.6. The van der Waals surface area contributed by atoms with E-state index >= 15 is 0 Å². The van der Waals surface area contributed by atoms with Crippen molar-refractivity contribution in [3.63, 3.8) is 0 Å². The Morgan fingerprint density at radius 2 is 0.725 bits per heavy atom. The van der Waals surface area contributed by atoms with Crippen molar-refractivity contribution in [2.24, 2.45) is 0 Å². The number of hydrogen-bond acceptors (Lipinski definition) is 2. The zero-order valence-electron chi connectivity index (χ0n) is 26.8. The topological polar surface area (TPSA) is 40.5 Å². The molecular formula is C36H50O2Si2. The molecular weight excluding hydrogens is 521 g/mol. The molecule has 40 heavy (non-hydrogen) atoms. The normalized spacial score (nSPS) is 12.7. The van der Waals surface area contributed by atoms with Crippen molar-refractivity contribution in [2.45, 2.75) is 116 Å². The molecule has 0 spiro atoms. The summed E-state index contributed by atoms with van der Waals surface area (Å²) in [5.74, 6) is 7.82. The summed E-state index contributed by atoms with van der Waals surface area (Å²) in [7, 11) is -3.99. The molecule has 0 fully saturated rings. The van der Waals surface area contributed by atoms with Gasteiger partial charge in [0.2, 0.25) is 0 Å². The lowest BCUT2D eigenvalue weighted by atomic mass is 9.92. The van der Waals surface area contributed by atoms with E-state index < -0.39 is 16.1 Å². The largest absolute Gasteiger partial charge is 0.508 e. The predicted octanol–water partition coefficient (Wildman–Crippen LogP) is 10.5. The average Bonchev–Trinajstić information content (AvgIpc) is 2.84. The molecule has 0 saturated heterocycles. The number of phenols is 2. The van der Waals surface area contributed by atoms with Gasteiger partial charge in [-0.1, -0.05) is 94.9 Å². The molecule has 0 amide bonds. The van der Waals surface area contributed by atoms with Crippen LogP contribution < -0.4 is 0 Å². The summed E-state index contributed by atoms with van der Waals surface area (Å²) in [6, 6.07) is 11.2. The van der Waals surface area contributed by atoms with E-state index in [0.29, 0.717) is 33.2 Å². The van der Waals surface area contributed by atoms with Crippen molar-refractivity contribution in [3.8, 4) is 34.4 Å². The highest BCUT2D eigenvalue weighted by atomic mass is 28.3. The predicted molar refractivity (Wildman–Crippen MR) is 181 cm³/mol. The van der Waals surface area contributed by atoms with Crippen LogP contribution in [0, 0.1) is 22.9 Å². The first kappa shape index (κ1) is 31.9. The second kappa shape index (κ2) is 12.1. The van der Waals surface area contributed by atoms with E-state index in [-0.39, 0.29) is 11.5 Å². The number of rotatable bonds is 6. The van der Waals surface area contributed by atoms with Crippen molar-refractivity contribution >= 4 is 37.7 Å². The fourth-order valence-electron chi connectivity index (χ4n) is 7.68. The zero-order valence-corrected chi connectivity index (χ0v) is 28.8. The Morgan fingerprint density at radius 3 is 1.00 bits per heavy atom. The second-order valence-electron chi connectivity index (χ2n) is 13.5. The van der Waals surface area contributed by atoms with Crippen LogP contribution in [0.5, 0.6) is 11.5 Å². The molecule has 4 heteroatoms. The lowest BCUT2D eigenvalue weighted by Crippen LogP contribution is -2.43. The number of phenolic OH excluding ortho intramolecular Hbond substituents is 2. The molecule has 0 saturated carbocycles. The number of hydrogen-bond donors (Lipinski definition) is 2. The van der Waals surface area contributed by atoms with Crippen LogP contribution >= 0.6 is 0 Å². The van der Waals surface area contributed by atoms with Crippen LogP contribution in [0.4, 0.5) is 0 Å². The van der Waals surface area contributed by atoms with Crippen LogP contribution in [0.3, 0.4) is 0 Å². The maximum Gasteiger partial charge on any atom is 0.146 e. The van der Waals surface area contributed by atoms with Crippen LogP contribution in [0.1, 0.15) is 94.2 Å². The highest BCUT2D eigenvalue weighted by Crippen LogP contribution is 2.43. The van der Waals surface area contributed by atoms with Gasteiger partial charge in [0.05, 0.1) is 0 Å². The van der Waals surface area contributed by atoms with Gasteiger partial charge in [-0.25, -0.2) is 0 Å². The third-order valence-corrected chi connectivity index (χ3v) is 22.2. The van der Waals surface area contributed by atoms with Crippen molar-refractivity contribution < 1.29 is 10.2 Å². The van der Waals surface area contributed by atoms with Crippen LogP contribution in [0.25, 0.3) is 21.5 Å². The Balaban J connectivity index is 2.53. The summed E-state index contributed by atoms with van der Waals surface area (Å²) in [4.78, 5) is 0. The van der Waals surface area contributed by atoms with Crippen LogP contribution in [0.15, 0.2) is 36.4 Å². The maximum absolute atomic E-state index is 10.6. The van der Waals surface area contributed by atoms with Gasteiger partial charge in [0.1, 0.15) is 27.6 Å². The minimum Gasteiger partial charge on any atom is -0.508 e. The summed E-state index contributed by atoms with van der Waals surface area (Å²) in [5.41, 5.74) is 12.7. The van der Waals surface area contributed by atoms with E-state index in [9.17, 15) is 10.2 Å². The summed E-state index contributed by atoms with van der Waals surface area (Å²) < 4.78 is 0. The fourth-order valence-corrected chi connectivity index (χ4v) is 18.1. The fraction of sp³-hybridized carbons (Fsp3) is 0.500. The summed E-state index contributed by atoms with van der Waals surface area (Å²) in [6.45, 7) is 27.9. The summed E-state index contributed by atoms with van der Waals surface area (Å²) in [5, 5.41) is 25.1. The van der Waals surface area contributed by atoms with Crippen molar-refractivity contribution in [3.05, 3.63) is 47.5 Å². The molecule has 2 N–H and O–H groups in total. The molecule has 0 aliphatic carbocycles. The van der Waals surface area contributed by atoms with Gasteiger partial charge in [0, 0.05) is 21.9 Å². The minimum atomic E-state index is -2.01. The quantitative estimate of drug-likeness (QED) is 0.176. The third-order valence-electron chi connectivity index (χ3n) is 9.62. The molecule has 0 bridgehead atoms. The maximum atomic E-state index is 10.6. The molecule has 3 aromatic carbocycles. The van der Waals surface area contributed by atoms with E-state index in [2.05, 4.69) is 106 Å². The highest BCUT2D eigenvalue weighted by Gasteiger charge is 2.42. The van der Waals surface area contributed by atoms with Crippen molar-refractivity contribution in [1.29, 1.82) is 0 Å². The third kappa shape index (κ3) is 5.46. The van der Waals surface area contributed by atoms with E-state index in [1.165, 1.54) is 0 Å². The van der Waals surface area contributed by atoms with Gasteiger partial charge in [-0.05, 0) is 80.4 Å². The lowest BCUT2D eigenvalue weighted by Gasteiger charge is -2.38. The molecule has 0 aliphatic heterocycles. The van der Waals surface area contributed by atoms with Crippen molar-refractivity contribution in [2.75, 3.05) is 0 Å². The number of benzene rings is 3. The summed E-state index contributed by atoms with van der Waals surface area (Å²) >= 11 is 0. The molecule has 0 unspecified atom stereocenters. The first-order valence-corrected chi connectivity index (χ1v) is 19.5. The SMILES string of the molecule is CC(C)[Si](C#Cc1c2ccc(O)cc2c(C#C[Si](C(C)C)(C(C)C)C(C)C)c2cc(O)ccc12)(C(C)C)C(C)C. The lowest BCUT2D eigenvalue weighted by molar-refractivity contribution is 0.476. The zero-order chi connectivity index (χ0) is 30.2. The van der Waals surface area contributed by atoms with Crippen LogP contribution in [-0.4, -0.2) is 26.4 Å². The molecule has 0 atom stereocenters. The Morgan fingerprint density at radius 1 is 0.450 bits per heavy atom. The smallest absolute Gasteiger partial charge is 0.146 e. The van der Waals surface area contributed by atoms with Crippen LogP contribution in [0.2, 0.25) is 33.2 Å². The number of aromatic hydroxyl groups is 2. The Hall–Kier alpha value is -2.67. The Bertz CT molecular complexity index is 1400. The van der Waals surface area contributed by atoms with Crippen molar-refractivity contribution in [1.82, 2.24) is 0 Å². The van der Waals surface area contributed by atoms with E-state index in [4.69, 9.17) is 0 Å². The molecule has 3 aromatic rings. The van der Waals surface area contributed by atoms with E-state index in [1.807, 2.05) is 24.3 Å². The molecule has 0 heterocycles. The van der Waals surface area contributed by atoms with Gasteiger partial charge in [0.15, 0.2) is 0 Å². The van der Waals surface area contributed by atoms with Crippen LogP contribution in [-0.2, 0) is 0 Å². The van der Waals surface area contributed by atoms with E-state index in [0.717, 1.165) is 32.7 Å². The Kier molecular flexibility index (Phi) is 9.60. The van der Waals surface area contributed by atoms with Gasteiger partial charge >= 0.3 is 0 Å². The Labute approximate surface area is 245 Å². The van der Waals surface area contributed by atoms with E-state index in [1.54, 1.807) is 12.1 Å². The molecule has 3 rings (SSSR count). The van der Waals surface area contributed by atoms with Gasteiger partial charge in [-0.2, -0.15) is 0 Å². The number of fused-ring (bicyclic) bond motifs is 2. The molecule has 0 aliphatic rings. The standard InChI is InChI=1S/C36H50O2Si2/c1-23(2)39(24(3)4,25(5)6)19-17-33-31-15-13-29(37)21-35(31)34(36-22-30(38)14-16-32(33)36)18-20-40(26(7)8,27(9)10)28(11)12/h13-16,21-28,37-38H,1-12H3. The second-order valence-corrected chi connectivity index (χ2v) is 24.7. The van der Waals surface area contributed by atoms with Gasteiger partial charge < -0.3 is 10.2 Å². The van der Waals surface area contributed by atoms with Gasteiger partial charge in [0.25, 0.3) is 0 Å². The minimum absolute atomic E-state index is 0.212. The molecule has 214 valence electrons. The summed E-state index contributed by atoms with van der Waals surface area (Å²) in [6.07, 6.45) is 0. The highest BCUT2D eigenvalue weighted by molar-refractivity contribution is 6.91. The first-order valence-electron chi connectivity index (χ1n) is 15.1. The molecule has 0 radical (unpaired) electrons. The van der Waals surface area contributed by atoms with Gasteiger partial charge in [-0.15, -0.1) is 11.1 Å². The monoisotopic (exact) mass is 570 g/mol. The molecule has 2 nitrogen and oxygen atoms in total. The average molecular weight is 571 g/mol. The molecule has 0 aromatic heterocycles. The van der Waals surface area contributed by atoms with Gasteiger partial charge in [-0.3, -0.25) is 0 Å².